The van der Waals surface area contributed by atoms with Gasteiger partial charge in [0.05, 0.1) is 15.6 Å². The number of nitrogens with one attached hydrogen (secondary N) is 1. The van der Waals surface area contributed by atoms with Gasteiger partial charge in [-0.2, -0.15) is 8.42 Å². The molecule has 0 aliphatic carbocycles. The van der Waals surface area contributed by atoms with Crippen LogP contribution < -0.4 is 5.48 Å². The number of ether oxygens (including phenoxy) is 1. The number of carbonyl (C=O) groups is 1. The second-order valence-corrected chi connectivity index (χ2v) is 11.1. The van der Waals surface area contributed by atoms with E-state index in [4.69, 9.17) is 9.57 Å². The van der Waals surface area contributed by atoms with Gasteiger partial charge in [0, 0.05) is 36.9 Å². The number of rotatable bonds is 7. The Hall–Kier alpha value is -2.31. The molecule has 0 spiro atoms. The van der Waals surface area contributed by atoms with Gasteiger partial charge < -0.3 is 4.74 Å². The van der Waals surface area contributed by atoms with Gasteiger partial charge in [-0.3, -0.25) is 4.79 Å². The van der Waals surface area contributed by atoms with Crippen molar-refractivity contribution >= 4 is 44.7 Å². The zero-order valence-corrected chi connectivity index (χ0v) is 19.1. The minimum Gasteiger partial charge on any atom is -0.350 e. The highest BCUT2D eigenvalue weighted by Crippen LogP contribution is 2.32. The van der Waals surface area contributed by atoms with E-state index >= 15 is 0 Å². The first-order valence-electron chi connectivity index (χ1n) is 9.63. The molecule has 4 rings (SSSR count). The van der Waals surface area contributed by atoms with Gasteiger partial charge in [0.1, 0.15) is 4.21 Å². The third-order valence-electron chi connectivity index (χ3n) is 4.53. The van der Waals surface area contributed by atoms with Crippen LogP contribution in [0.4, 0.5) is 0 Å². The predicted molar refractivity (Wildman–Crippen MR) is 119 cm³/mol. The standard InChI is InChI=1S/C20H21N3O5S3/c1-14-21-16(13-29-14)17-6-8-20(30-17)31(25,26)23-10-9-15(12-23)5-7-18(24)22-28-19-4-2-3-11-27-19/h5-10,12-13,19H,2-4,11H2,1H3,(H,22,24)/b7-5+. The highest BCUT2D eigenvalue weighted by Gasteiger charge is 2.20. The zero-order valence-electron chi connectivity index (χ0n) is 16.7. The van der Waals surface area contributed by atoms with E-state index < -0.39 is 22.2 Å². The average molecular weight is 480 g/mol. The highest BCUT2D eigenvalue weighted by molar-refractivity contribution is 7.92. The summed E-state index contributed by atoms with van der Waals surface area (Å²) in [6, 6.07) is 4.96. The number of amides is 1. The number of thiazole rings is 1. The van der Waals surface area contributed by atoms with Crippen LogP contribution in [-0.4, -0.2) is 36.2 Å². The summed E-state index contributed by atoms with van der Waals surface area (Å²) in [5.74, 6) is -0.453. The van der Waals surface area contributed by atoms with Gasteiger partial charge in [0.25, 0.3) is 15.9 Å². The van der Waals surface area contributed by atoms with Crippen LogP contribution in [0.3, 0.4) is 0 Å². The number of hydrogen-bond acceptors (Lipinski definition) is 8. The minimum atomic E-state index is -3.73. The van der Waals surface area contributed by atoms with Gasteiger partial charge in [-0.25, -0.2) is 19.3 Å². The van der Waals surface area contributed by atoms with Crippen LogP contribution in [0, 0.1) is 6.92 Å². The van der Waals surface area contributed by atoms with Gasteiger partial charge >= 0.3 is 0 Å². The summed E-state index contributed by atoms with van der Waals surface area (Å²) >= 11 is 2.69. The van der Waals surface area contributed by atoms with Crippen LogP contribution in [0.2, 0.25) is 0 Å². The molecular formula is C20H21N3O5S3. The Morgan fingerprint density at radius 1 is 1.35 bits per heavy atom. The number of hydroxylamine groups is 1. The van der Waals surface area contributed by atoms with Crippen LogP contribution >= 0.6 is 22.7 Å². The van der Waals surface area contributed by atoms with Crippen molar-refractivity contribution < 1.29 is 22.8 Å². The number of aryl methyl sites for hydroxylation is 1. The third-order valence-corrected chi connectivity index (χ3v) is 8.52. The SMILES string of the molecule is Cc1nc(-c2ccc(S(=O)(=O)n3ccc(/C=C/C(=O)NOC4CCCCO4)c3)s2)cs1. The smallest absolute Gasteiger partial charge is 0.277 e. The largest absolute Gasteiger partial charge is 0.350 e. The number of hydrogen-bond donors (Lipinski definition) is 1. The Balaban J connectivity index is 1.40. The molecule has 4 heterocycles. The van der Waals surface area contributed by atoms with Crippen LogP contribution in [-0.2, 0) is 24.4 Å². The summed E-state index contributed by atoms with van der Waals surface area (Å²) < 4.78 is 32.6. The van der Waals surface area contributed by atoms with E-state index in [0.717, 1.165) is 38.8 Å². The maximum atomic E-state index is 12.9. The Morgan fingerprint density at radius 3 is 2.97 bits per heavy atom. The molecule has 1 fully saturated rings. The fourth-order valence-electron chi connectivity index (χ4n) is 2.95. The Kier molecular flexibility index (Phi) is 6.68. The molecule has 1 atom stereocenters. The monoisotopic (exact) mass is 479 g/mol. The molecule has 1 amide bonds. The second kappa shape index (κ2) is 9.45. The number of carbonyl (C=O) groups excluding carboxylic acids is 1. The van der Waals surface area contributed by atoms with E-state index in [0.29, 0.717) is 12.2 Å². The van der Waals surface area contributed by atoms with Gasteiger partial charge in [0.15, 0.2) is 6.29 Å². The number of thiophene rings is 1. The van der Waals surface area contributed by atoms with Crippen LogP contribution in [0.5, 0.6) is 0 Å². The van der Waals surface area contributed by atoms with E-state index in [-0.39, 0.29) is 4.21 Å². The lowest BCUT2D eigenvalue weighted by molar-refractivity contribution is -0.198. The lowest BCUT2D eigenvalue weighted by atomic mass is 10.2. The van der Waals surface area contributed by atoms with E-state index in [9.17, 15) is 13.2 Å². The third kappa shape index (κ3) is 5.31. The lowest BCUT2D eigenvalue weighted by Crippen LogP contribution is -2.32. The molecule has 1 saturated heterocycles. The summed E-state index contributed by atoms with van der Waals surface area (Å²) in [4.78, 5) is 22.3. The average Bonchev–Trinajstić information content (AvgIpc) is 3.52. The highest BCUT2D eigenvalue weighted by atomic mass is 32.2. The molecule has 1 aliphatic heterocycles. The lowest BCUT2D eigenvalue weighted by Gasteiger charge is -2.21. The molecule has 3 aromatic rings. The van der Waals surface area contributed by atoms with E-state index in [1.165, 1.54) is 47.2 Å². The minimum absolute atomic E-state index is 0.220. The fourth-order valence-corrected chi connectivity index (χ4v) is 6.22. The first-order valence-corrected chi connectivity index (χ1v) is 12.8. The summed E-state index contributed by atoms with van der Waals surface area (Å²) in [7, 11) is -3.73. The second-order valence-electron chi connectivity index (χ2n) is 6.86. The summed E-state index contributed by atoms with van der Waals surface area (Å²) in [5.41, 5.74) is 3.67. The van der Waals surface area contributed by atoms with E-state index in [2.05, 4.69) is 10.5 Å². The van der Waals surface area contributed by atoms with Gasteiger partial charge in [0.2, 0.25) is 0 Å². The molecular weight excluding hydrogens is 458 g/mol. The molecule has 0 aromatic carbocycles. The van der Waals surface area contributed by atoms with Crippen LogP contribution in [0.1, 0.15) is 29.8 Å². The van der Waals surface area contributed by atoms with Crippen LogP contribution in [0.15, 0.2) is 46.3 Å². The zero-order chi connectivity index (χ0) is 21.8. The first kappa shape index (κ1) is 21.9. The van der Waals surface area contributed by atoms with Gasteiger partial charge in [-0.05, 0) is 49.6 Å². The Morgan fingerprint density at radius 2 is 2.23 bits per heavy atom. The molecule has 1 N–H and O–H groups in total. The van der Waals surface area contributed by atoms with E-state index in [1.807, 2.05) is 12.3 Å². The van der Waals surface area contributed by atoms with E-state index in [1.54, 1.807) is 18.2 Å². The molecule has 0 saturated carbocycles. The molecule has 164 valence electrons. The van der Waals surface area contributed by atoms with Crippen molar-refractivity contribution in [1.29, 1.82) is 0 Å². The maximum Gasteiger partial charge on any atom is 0.277 e. The van der Waals surface area contributed by atoms with Crippen molar-refractivity contribution in [3.63, 3.8) is 0 Å². The Bertz CT molecular complexity index is 1190. The van der Waals surface area contributed by atoms with Crippen LogP contribution in [0.25, 0.3) is 16.6 Å². The topological polar surface area (TPSA) is 99.5 Å². The quantitative estimate of drug-likeness (QED) is 0.409. The number of nitrogens with zero attached hydrogens (tertiary/aromatic N) is 2. The van der Waals surface area contributed by atoms with Gasteiger partial charge in [-0.15, -0.1) is 22.7 Å². The molecule has 3 aromatic heterocycles. The summed E-state index contributed by atoms with van der Waals surface area (Å²) in [6.45, 7) is 2.53. The number of aromatic nitrogens is 2. The van der Waals surface area contributed by atoms with Crippen molar-refractivity contribution in [3.05, 3.63) is 52.6 Å². The molecule has 31 heavy (non-hydrogen) atoms. The Labute approximate surface area is 188 Å². The van der Waals surface area contributed by atoms with Crippen molar-refractivity contribution in [2.45, 2.75) is 36.7 Å². The molecule has 11 heteroatoms. The summed E-state index contributed by atoms with van der Waals surface area (Å²) in [6.07, 6.45) is 7.99. The summed E-state index contributed by atoms with van der Waals surface area (Å²) in [5, 5.41) is 2.83. The molecule has 0 radical (unpaired) electrons. The van der Waals surface area contributed by atoms with Crippen molar-refractivity contribution in [2.75, 3.05) is 6.61 Å². The molecule has 1 unspecified atom stereocenters. The van der Waals surface area contributed by atoms with Crippen molar-refractivity contribution in [2.24, 2.45) is 0 Å². The molecule has 1 aliphatic rings. The molecule has 8 nitrogen and oxygen atoms in total. The molecule has 0 bridgehead atoms. The predicted octanol–water partition coefficient (Wildman–Crippen LogP) is 3.81. The van der Waals surface area contributed by atoms with Crippen molar-refractivity contribution in [3.8, 4) is 10.6 Å². The maximum absolute atomic E-state index is 12.9. The first-order chi connectivity index (χ1) is 14.9. The van der Waals surface area contributed by atoms with Gasteiger partial charge in [-0.1, -0.05) is 0 Å². The van der Waals surface area contributed by atoms with Crippen molar-refractivity contribution in [1.82, 2.24) is 14.4 Å². The fraction of sp³-hybridized carbons (Fsp3) is 0.300. The normalized spacial score (nSPS) is 17.3.